The standard InChI is InChI=1S/C22H19ClN2O2/c1-15-11-17-6-2-3-8-20(17)25(15)22(27)18-9-10-21(26)24(14-18)13-16-5-4-7-19(23)12-16/h2-10,12,14-15H,11,13H2,1H3/t15-/m0/s1. The van der Waals surface area contributed by atoms with Crippen molar-refractivity contribution < 1.29 is 4.79 Å². The maximum Gasteiger partial charge on any atom is 0.260 e. The lowest BCUT2D eigenvalue weighted by atomic mass is 10.1. The van der Waals surface area contributed by atoms with E-state index in [-0.39, 0.29) is 17.5 Å². The third-order valence-electron chi connectivity index (χ3n) is 4.90. The molecule has 0 saturated heterocycles. The molecular weight excluding hydrogens is 360 g/mol. The Kier molecular flexibility index (Phi) is 4.58. The number of carbonyl (C=O) groups excluding carboxylic acids is 1. The molecule has 136 valence electrons. The van der Waals surface area contributed by atoms with Crippen LogP contribution in [0.15, 0.2) is 71.7 Å². The molecule has 0 unspecified atom stereocenters. The number of amides is 1. The Bertz CT molecular complexity index is 1070. The summed E-state index contributed by atoms with van der Waals surface area (Å²) in [6.45, 7) is 2.41. The molecule has 0 spiro atoms. The van der Waals surface area contributed by atoms with Crippen LogP contribution in [0.5, 0.6) is 0 Å². The summed E-state index contributed by atoms with van der Waals surface area (Å²) < 4.78 is 1.55. The molecule has 1 atom stereocenters. The average Bonchev–Trinajstić information content (AvgIpc) is 2.98. The molecule has 3 aromatic rings. The summed E-state index contributed by atoms with van der Waals surface area (Å²) in [7, 11) is 0. The molecule has 0 fully saturated rings. The van der Waals surface area contributed by atoms with Crippen LogP contribution in [0.25, 0.3) is 0 Å². The van der Waals surface area contributed by atoms with Gasteiger partial charge < -0.3 is 9.47 Å². The molecule has 4 rings (SSSR count). The molecule has 1 aliphatic heterocycles. The van der Waals surface area contributed by atoms with E-state index in [2.05, 4.69) is 6.07 Å². The molecular formula is C22H19ClN2O2. The number of fused-ring (bicyclic) bond motifs is 1. The number of halogens is 1. The second-order valence-electron chi connectivity index (χ2n) is 6.87. The van der Waals surface area contributed by atoms with Gasteiger partial charge in [0.05, 0.1) is 12.1 Å². The monoisotopic (exact) mass is 378 g/mol. The van der Waals surface area contributed by atoms with Gasteiger partial charge in [-0.05, 0) is 48.7 Å². The molecule has 0 saturated carbocycles. The molecule has 0 bridgehead atoms. The van der Waals surface area contributed by atoms with Crippen molar-refractivity contribution in [2.45, 2.75) is 25.9 Å². The Balaban J connectivity index is 1.67. The first kappa shape index (κ1) is 17.6. The lowest BCUT2D eigenvalue weighted by molar-refractivity contribution is 0.0980. The predicted octanol–water partition coefficient (Wildman–Crippen LogP) is 4.14. The van der Waals surface area contributed by atoms with Gasteiger partial charge in [-0.15, -0.1) is 0 Å². The Morgan fingerprint density at radius 1 is 1.11 bits per heavy atom. The highest BCUT2D eigenvalue weighted by molar-refractivity contribution is 6.30. The van der Waals surface area contributed by atoms with Crippen molar-refractivity contribution in [1.29, 1.82) is 0 Å². The van der Waals surface area contributed by atoms with Gasteiger partial charge >= 0.3 is 0 Å². The molecule has 1 amide bonds. The Labute approximate surface area is 162 Å². The summed E-state index contributed by atoms with van der Waals surface area (Å²) in [5.41, 5.74) is 3.38. The highest BCUT2D eigenvalue weighted by Gasteiger charge is 2.31. The SMILES string of the molecule is C[C@H]1Cc2ccccc2N1C(=O)c1ccc(=O)n(Cc2cccc(Cl)c2)c1. The van der Waals surface area contributed by atoms with Crippen LogP contribution in [0.3, 0.4) is 0 Å². The normalized spacial score (nSPS) is 15.6. The fourth-order valence-corrected chi connectivity index (χ4v) is 3.84. The molecule has 2 aromatic carbocycles. The van der Waals surface area contributed by atoms with Gasteiger partial charge in [0.1, 0.15) is 0 Å². The first-order chi connectivity index (χ1) is 13.0. The summed E-state index contributed by atoms with van der Waals surface area (Å²) in [5, 5.41) is 0.621. The number of aromatic nitrogens is 1. The van der Waals surface area contributed by atoms with Crippen molar-refractivity contribution in [3.8, 4) is 0 Å². The average molecular weight is 379 g/mol. The molecule has 0 radical (unpaired) electrons. The van der Waals surface area contributed by atoms with E-state index in [0.717, 1.165) is 17.7 Å². The number of hydrogen-bond acceptors (Lipinski definition) is 2. The zero-order valence-corrected chi connectivity index (χ0v) is 15.7. The van der Waals surface area contributed by atoms with Crippen LogP contribution < -0.4 is 10.5 Å². The van der Waals surface area contributed by atoms with E-state index in [1.54, 1.807) is 22.9 Å². The smallest absolute Gasteiger partial charge is 0.260 e. The minimum absolute atomic E-state index is 0.0863. The van der Waals surface area contributed by atoms with Crippen LogP contribution in [0.1, 0.15) is 28.4 Å². The van der Waals surface area contributed by atoms with E-state index in [1.165, 1.54) is 11.6 Å². The Hall–Kier alpha value is -2.85. The molecule has 1 aliphatic rings. The zero-order valence-electron chi connectivity index (χ0n) is 14.9. The summed E-state index contributed by atoms with van der Waals surface area (Å²) in [6.07, 6.45) is 2.48. The van der Waals surface area contributed by atoms with Crippen LogP contribution in [-0.4, -0.2) is 16.5 Å². The molecule has 1 aromatic heterocycles. The highest BCUT2D eigenvalue weighted by Crippen LogP contribution is 2.32. The lowest BCUT2D eigenvalue weighted by Crippen LogP contribution is -2.36. The zero-order chi connectivity index (χ0) is 19.0. The Morgan fingerprint density at radius 2 is 1.93 bits per heavy atom. The van der Waals surface area contributed by atoms with E-state index in [1.807, 2.05) is 48.2 Å². The summed E-state index contributed by atoms with van der Waals surface area (Å²) in [5.74, 6) is -0.0905. The van der Waals surface area contributed by atoms with Gasteiger partial charge in [-0.3, -0.25) is 9.59 Å². The van der Waals surface area contributed by atoms with Gasteiger partial charge in [-0.2, -0.15) is 0 Å². The van der Waals surface area contributed by atoms with Crippen LogP contribution in [-0.2, 0) is 13.0 Å². The van der Waals surface area contributed by atoms with Crippen molar-refractivity contribution in [1.82, 2.24) is 4.57 Å². The number of para-hydroxylation sites is 1. The van der Waals surface area contributed by atoms with E-state index in [0.29, 0.717) is 17.1 Å². The van der Waals surface area contributed by atoms with E-state index in [4.69, 9.17) is 11.6 Å². The second kappa shape index (κ2) is 7.05. The van der Waals surface area contributed by atoms with Crippen molar-refractivity contribution in [2.75, 3.05) is 4.90 Å². The molecule has 2 heterocycles. The molecule has 4 nitrogen and oxygen atoms in total. The number of benzene rings is 2. The minimum Gasteiger partial charge on any atom is -0.310 e. The van der Waals surface area contributed by atoms with Crippen molar-refractivity contribution in [2.24, 2.45) is 0 Å². The molecule has 0 N–H and O–H groups in total. The lowest BCUT2D eigenvalue weighted by Gasteiger charge is -2.23. The van der Waals surface area contributed by atoms with Crippen molar-refractivity contribution >= 4 is 23.2 Å². The predicted molar refractivity (Wildman–Crippen MR) is 108 cm³/mol. The van der Waals surface area contributed by atoms with E-state index in [9.17, 15) is 9.59 Å². The summed E-state index contributed by atoms with van der Waals surface area (Å²) in [4.78, 5) is 27.3. The number of carbonyl (C=O) groups is 1. The maximum atomic E-state index is 13.2. The van der Waals surface area contributed by atoms with Crippen LogP contribution in [0, 0.1) is 0 Å². The first-order valence-corrected chi connectivity index (χ1v) is 9.27. The summed E-state index contributed by atoms with van der Waals surface area (Å²) in [6, 6.07) is 18.5. The largest absolute Gasteiger partial charge is 0.310 e. The fourth-order valence-electron chi connectivity index (χ4n) is 3.63. The van der Waals surface area contributed by atoms with Gasteiger partial charge in [-0.1, -0.05) is 41.9 Å². The number of pyridine rings is 1. The summed E-state index contributed by atoms with van der Waals surface area (Å²) >= 11 is 6.03. The minimum atomic E-state index is -0.151. The van der Waals surface area contributed by atoms with Gasteiger partial charge in [0.15, 0.2) is 0 Å². The van der Waals surface area contributed by atoms with Crippen molar-refractivity contribution in [3.63, 3.8) is 0 Å². The first-order valence-electron chi connectivity index (χ1n) is 8.89. The maximum absolute atomic E-state index is 13.2. The van der Waals surface area contributed by atoms with Crippen LogP contribution in [0.2, 0.25) is 5.02 Å². The number of hydrogen-bond donors (Lipinski definition) is 0. The van der Waals surface area contributed by atoms with Gasteiger partial charge in [0.25, 0.3) is 11.5 Å². The van der Waals surface area contributed by atoms with Gasteiger partial charge in [0, 0.05) is 29.0 Å². The Morgan fingerprint density at radius 3 is 2.74 bits per heavy atom. The number of rotatable bonds is 3. The molecule has 0 aliphatic carbocycles. The fraction of sp³-hybridized carbons (Fsp3) is 0.182. The highest BCUT2D eigenvalue weighted by atomic mass is 35.5. The third kappa shape index (κ3) is 3.40. The quantitative estimate of drug-likeness (QED) is 0.687. The van der Waals surface area contributed by atoms with E-state index >= 15 is 0 Å². The van der Waals surface area contributed by atoms with Crippen LogP contribution >= 0.6 is 11.6 Å². The second-order valence-corrected chi connectivity index (χ2v) is 7.31. The molecule has 5 heteroatoms. The number of nitrogens with zero attached hydrogens (tertiary/aromatic N) is 2. The van der Waals surface area contributed by atoms with Crippen LogP contribution in [0.4, 0.5) is 5.69 Å². The van der Waals surface area contributed by atoms with E-state index < -0.39 is 0 Å². The molecule has 27 heavy (non-hydrogen) atoms. The van der Waals surface area contributed by atoms with Gasteiger partial charge in [0.2, 0.25) is 0 Å². The van der Waals surface area contributed by atoms with Crippen molar-refractivity contribution in [3.05, 3.63) is 98.9 Å². The van der Waals surface area contributed by atoms with Gasteiger partial charge in [-0.25, -0.2) is 0 Å². The number of anilines is 1. The topological polar surface area (TPSA) is 42.3 Å². The third-order valence-corrected chi connectivity index (χ3v) is 5.13.